The summed E-state index contributed by atoms with van der Waals surface area (Å²) in [5.74, 6) is -0.286. The lowest BCUT2D eigenvalue weighted by atomic mass is 10.0. The highest BCUT2D eigenvalue weighted by Gasteiger charge is 2.41. The van der Waals surface area contributed by atoms with Gasteiger partial charge in [-0.3, -0.25) is 15.1 Å². The van der Waals surface area contributed by atoms with Gasteiger partial charge in [0.15, 0.2) is 0 Å². The topological polar surface area (TPSA) is 124 Å². The highest BCUT2D eigenvalue weighted by Crippen LogP contribution is 2.45. The van der Waals surface area contributed by atoms with E-state index in [-0.39, 0.29) is 54.3 Å². The molecule has 226 valence electrons. The Kier molecular flexibility index (Phi) is 11.1. The molecule has 2 heterocycles. The Morgan fingerprint density at radius 3 is 2.37 bits per heavy atom. The lowest BCUT2D eigenvalue weighted by molar-refractivity contribution is -0.139. The largest absolute Gasteiger partial charge is 0.490 e. The summed E-state index contributed by atoms with van der Waals surface area (Å²) in [5, 5.41) is 15.4. The van der Waals surface area contributed by atoms with Crippen LogP contribution in [0.5, 0.6) is 5.75 Å². The van der Waals surface area contributed by atoms with Crippen LogP contribution in [0, 0.1) is 10.8 Å². The zero-order chi connectivity index (χ0) is 28.5. The number of nitrogens with one attached hydrogen (secondary N) is 2. The van der Waals surface area contributed by atoms with Crippen molar-refractivity contribution in [3.63, 3.8) is 0 Å². The van der Waals surface area contributed by atoms with Crippen LogP contribution >= 0.6 is 24.8 Å². The minimum Gasteiger partial charge on any atom is -0.490 e. The van der Waals surface area contributed by atoms with Gasteiger partial charge in [-0.15, -0.1) is 24.8 Å². The van der Waals surface area contributed by atoms with Crippen LogP contribution in [-0.2, 0) is 22.6 Å². The summed E-state index contributed by atoms with van der Waals surface area (Å²) in [7, 11) is -3.91. The number of nitrogen functional groups attached to an aromatic ring is 1. The van der Waals surface area contributed by atoms with Gasteiger partial charge in [-0.1, -0.05) is 30.4 Å². The predicted octanol–water partition coefficient (Wildman–Crippen LogP) is 5.47. The van der Waals surface area contributed by atoms with Gasteiger partial charge in [0.2, 0.25) is 10.0 Å². The molecule has 0 spiro atoms. The van der Waals surface area contributed by atoms with Crippen molar-refractivity contribution in [3.05, 3.63) is 64.7 Å². The molecule has 4 rings (SSSR count). The normalized spacial score (nSPS) is 17.5. The maximum absolute atomic E-state index is 14.2. The second kappa shape index (κ2) is 13.3. The van der Waals surface area contributed by atoms with Crippen molar-refractivity contribution < 1.29 is 26.3 Å². The zero-order valence-corrected chi connectivity index (χ0v) is 25.0. The number of piperidine rings is 1. The number of anilines is 1. The van der Waals surface area contributed by atoms with Gasteiger partial charge in [0.25, 0.3) is 0 Å². The number of nitrogens with zero attached hydrogens (tertiary/aromatic N) is 2. The third-order valence-corrected chi connectivity index (χ3v) is 8.83. The van der Waals surface area contributed by atoms with Crippen LogP contribution in [0.1, 0.15) is 48.9 Å². The monoisotopic (exact) mass is 635 g/mol. The summed E-state index contributed by atoms with van der Waals surface area (Å²) in [6, 6.07) is 8.32. The summed E-state index contributed by atoms with van der Waals surface area (Å²) in [6.07, 6.45) is -0.729. The average molecular weight is 637 g/mol. The number of halogens is 5. The predicted molar refractivity (Wildman–Crippen MR) is 160 cm³/mol. The van der Waals surface area contributed by atoms with Crippen molar-refractivity contribution in [2.75, 3.05) is 23.1 Å². The Bertz CT molecular complexity index is 1410. The number of alkyl halides is 3. The van der Waals surface area contributed by atoms with E-state index in [4.69, 9.17) is 21.3 Å². The summed E-state index contributed by atoms with van der Waals surface area (Å²) in [4.78, 5) is 1.85. The summed E-state index contributed by atoms with van der Waals surface area (Å²) in [5.41, 5.74) is 6.18. The first-order valence-electron chi connectivity index (χ1n) is 12.7. The Balaban J connectivity index is 0.00000294. The lowest BCUT2D eigenvalue weighted by Gasteiger charge is -2.33. The van der Waals surface area contributed by atoms with Gasteiger partial charge in [-0.2, -0.15) is 13.2 Å². The molecule has 2 aliphatic heterocycles. The number of amidine groups is 2. The fraction of sp³-hybridized carbons (Fsp3) is 0.407. The zero-order valence-electron chi connectivity index (χ0n) is 22.6. The highest BCUT2D eigenvalue weighted by molar-refractivity contribution is 7.92. The summed E-state index contributed by atoms with van der Waals surface area (Å²) < 4.78 is 75.7. The maximum Gasteiger partial charge on any atom is 0.420 e. The number of hydrogen-bond donors (Lipinski definition) is 3. The average Bonchev–Trinajstić information content (AvgIpc) is 3.25. The minimum atomic E-state index is -4.75. The number of rotatable bonds is 7. The molecule has 2 aromatic carbocycles. The first kappa shape index (κ1) is 34.2. The molecule has 1 fully saturated rings. The third-order valence-electron chi connectivity index (χ3n) is 7.04. The van der Waals surface area contributed by atoms with Gasteiger partial charge in [-0.05, 0) is 49.6 Å². The molecule has 2 aromatic rings. The molecule has 2 aliphatic rings. The van der Waals surface area contributed by atoms with E-state index in [9.17, 15) is 21.6 Å². The molecule has 1 saturated heterocycles. The Labute approximate surface area is 250 Å². The molecule has 0 bridgehead atoms. The molecule has 14 heteroatoms. The molecule has 8 nitrogen and oxygen atoms in total. The van der Waals surface area contributed by atoms with Crippen molar-refractivity contribution in [1.82, 2.24) is 4.90 Å². The maximum atomic E-state index is 14.2. The lowest BCUT2D eigenvalue weighted by Crippen LogP contribution is -2.40. The van der Waals surface area contributed by atoms with Crippen molar-refractivity contribution in [1.29, 1.82) is 10.8 Å². The van der Waals surface area contributed by atoms with E-state index in [1.165, 1.54) is 13.0 Å². The molecule has 0 aliphatic carbocycles. The van der Waals surface area contributed by atoms with E-state index in [0.29, 0.717) is 48.5 Å². The number of ether oxygens (including phenoxy) is 1. The molecule has 41 heavy (non-hydrogen) atoms. The standard InChI is InChI=1S/C27H32F3N5O3S.2ClH/c1-3-39(36,37)35-21(8-7-18-5-4-6-19(13-18)26(32)33)14-20-15-25(23(16-24(20)35)27(28,29)30)38-22-9-11-34(12-10-22)17(2)31;;/h4-8,13,15-16,21-22,31H,3,9-12,14H2,1-2H3,(H3,32,33);2*1H/b8-7+,31-17?;;. The van der Waals surface area contributed by atoms with Gasteiger partial charge in [0.05, 0.1) is 28.9 Å². The van der Waals surface area contributed by atoms with Gasteiger partial charge >= 0.3 is 6.18 Å². The van der Waals surface area contributed by atoms with Crippen LogP contribution in [0.3, 0.4) is 0 Å². The van der Waals surface area contributed by atoms with Crippen LogP contribution in [0.15, 0.2) is 42.5 Å². The third kappa shape index (κ3) is 7.66. The Hall–Kier alpha value is -2.96. The van der Waals surface area contributed by atoms with Crippen LogP contribution in [0.25, 0.3) is 6.08 Å². The Morgan fingerprint density at radius 1 is 1.15 bits per heavy atom. The summed E-state index contributed by atoms with van der Waals surface area (Å²) in [6.45, 7) is 4.17. The molecule has 0 radical (unpaired) electrons. The molecule has 4 N–H and O–H groups in total. The first-order chi connectivity index (χ1) is 18.3. The van der Waals surface area contributed by atoms with E-state index in [2.05, 4.69) is 0 Å². The fourth-order valence-corrected chi connectivity index (χ4v) is 6.25. The molecule has 1 atom stereocenters. The number of hydrogen-bond acceptors (Lipinski definition) is 5. The number of likely N-dealkylation sites (tertiary alicyclic amines) is 1. The van der Waals surface area contributed by atoms with Crippen molar-refractivity contribution in [3.8, 4) is 5.75 Å². The molecule has 0 saturated carbocycles. The van der Waals surface area contributed by atoms with Crippen LogP contribution in [0.4, 0.5) is 18.9 Å². The van der Waals surface area contributed by atoms with Crippen LogP contribution in [-0.4, -0.2) is 56.0 Å². The summed E-state index contributed by atoms with van der Waals surface area (Å²) >= 11 is 0. The number of fused-ring (bicyclic) bond motifs is 1. The van der Waals surface area contributed by atoms with E-state index in [0.717, 1.165) is 10.4 Å². The Morgan fingerprint density at radius 2 is 1.80 bits per heavy atom. The first-order valence-corrected chi connectivity index (χ1v) is 14.3. The molecular formula is C27H34Cl2F3N5O3S. The van der Waals surface area contributed by atoms with Crippen molar-refractivity contribution in [2.45, 2.75) is 51.4 Å². The van der Waals surface area contributed by atoms with Crippen LogP contribution in [0.2, 0.25) is 0 Å². The van der Waals surface area contributed by atoms with Gasteiger partial charge in [0, 0.05) is 31.5 Å². The second-order valence-corrected chi connectivity index (χ2v) is 11.9. The smallest absolute Gasteiger partial charge is 0.420 e. The minimum absolute atomic E-state index is 0. The quantitative estimate of drug-likeness (QED) is 0.275. The van der Waals surface area contributed by atoms with Gasteiger partial charge < -0.3 is 15.4 Å². The molecule has 0 aromatic heterocycles. The SMILES string of the molecule is CCS(=O)(=O)N1c2cc(C(F)(F)F)c(OC3CCN(C(C)=N)CC3)cc2CC1/C=C/c1cccc(C(=N)N)c1.Cl.Cl. The molecular weight excluding hydrogens is 602 g/mol. The number of sulfonamides is 1. The number of benzene rings is 2. The van der Waals surface area contributed by atoms with E-state index in [1.54, 1.807) is 43.3 Å². The van der Waals surface area contributed by atoms with E-state index in [1.807, 2.05) is 4.90 Å². The van der Waals surface area contributed by atoms with E-state index < -0.39 is 33.9 Å². The van der Waals surface area contributed by atoms with Gasteiger partial charge in [-0.25, -0.2) is 8.42 Å². The van der Waals surface area contributed by atoms with E-state index >= 15 is 0 Å². The second-order valence-electron chi connectivity index (χ2n) is 9.73. The van der Waals surface area contributed by atoms with Crippen molar-refractivity contribution in [2.24, 2.45) is 5.73 Å². The highest BCUT2D eigenvalue weighted by atomic mass is 35.5. The molecule has 0 amide bonds. The molecule has 1 unspecified atom stereocenters. The van der Waals surface area contributed by atoms with Crippen molar-refractivity contribution >= 4 is 58.3 Å². The number of nitrogens with two attached hydrogens (primary N) is 1. The van der Waals surface area contributed by atoms with Gasteiger partial charge in [0.1, 0.15) is 17.7 Å². The fourth-order valence-electron chi connectivity index (χ4n) is 4.95. The van der Waals surface area contributed by atoms with Crippen LogP contribution < -0.4 is 14.8 Å².